The van der Waals surface area contributed by atoms with E-state index in [1.54, 1.807) is 0 Å². The van der Waals surface area contributed by atoms with Crippen molar-refractivity contribution in [2.24, 2.45) is 17.8 Å². The second-order valence-corrected chi connectivity index (χ2v) is 7.17. The van der Waals surface area contributed by atoms with Crippen LogP contribution in [0, 0.1) is 17.8 Å². The molecule has 2 bridgehead atoms. The fourth-order valence-corrected chi connectivity index (χ4v) is 4.52. The molecule has 2 fully saturated rings. The molecule has 2 aliphatic carbocycles. The van der Waals surface area contributed by atoms with Crippen molar-refractivity contribution in [1.82, 2.24) is 10.6 Å². The Balaban J connectivity index is 1.38. The van der Waals surface area contributed by atoms with Crippen LogP contribution in [-0.4, -0.2) is 17.7 Å². The van der Waals surface area contributed by atoms with Gasteiger partial charge in [-0.3, -0.25) is 0 Å². The van der Waals surface area contributed by atoms with Crippen molar-refractivity contribution < 1.29 is 0 Å². The lowest BCUT2D eigenvalue weighted by Gasteiger charge is -2.29. The summed E-state index contributed by atoms with van der Waals surface area (Å²) in [5, 5.41) is 7.68. The second-order valence-electron chi connectivity index (χ2n) is 6.76. The molecule has 2 saturated carbocycles. The molecule has 0 saturated heterocycles. The first-order chi connectivity index (χ1) is 10.2. The zero-order valence-corrected chi connectivity index (χ0v) is 13.7. The largest absolute Gasteiger partial charge is 0.362 e. The number of nitrogens with one attached hydrogen (secondary N) is 2. The lowest BCUT2D eigenvalue weighted by atomic mass is 9.84. The monoisotopic (exact) mass is 302 g/mol. The summed E-state index contributed by atoms with van der Waals surface area (Å²) in [5.41, 5.74) is 1.36. The summed E-state index contributed by atoms with van der Waals surface area (Å²) in [4.78, 5) is 0. The van der Waals surface area contributed by atoms with Crippen molar-refractivity contribution in [3.8, 4) is 0 Å². The Morgan fingerprint density at radius 3 is 2.71 bits per heavy atom. The van der Waals surface area contributed by atoms with Gasteiger partial charge < -0.3 is 10.6 Å². The summed E-state index contributed by atoms with van der Waals surface area (Å²) in [6, 6.07) is 11.1. The molecule has 2 N–H and O–H groups in total. The minimum atomic E-state index is 0.511. The standard InChI is InChI=1S/C18H26N2S/c1-13(17-12-15-7-8-16(17)11-15)20-18(21)19-10-9-14-5-3-2-4-6-14/h2-6,13,15-17H,7-12H2,1H3,(H2,19,20,21)/t13-,15-,16-,17+/m1/s1. The molecule has 3 heteroatoms. The van der Waals surface area contributed by atoms with Crippen LogP contribution in [-0.2, 0) is 6.42 Å². The van der Waals surface area contributed by atoms with Crippen LogP contribution in [0.4, 0.5) is 0 Å². The van der Waals surface area contributed by atoms with Gasteiger partial charge in [0.15, 0.2) is 5.11 Å². The lowest BCUT2D eigenvalue weighted by molar-refractivity contribution is 0.278. The summed E-state index contributed by atoms with van der Waals surface area (Å²) in [6.45, 7) is 3.20. The van der Waals surface area contributed by atoms with Gasteiger partial charge in [-0.05, 0) is 68.1 Å². The molecule has 0 aromatic heterocycles. The Bertz CT molecular complexity index is 473. The zero-order chi connectivity index (χ0) is 14.7. The molecule has 2 nitrogen and oxygen atoms in total. The summed E-state index contributed by atoms with van der Waals surface area (Å²) in [5.74, 6) is 2.78. The number of hydrogen-bond donors (Lipinski definition) is 2. The molecule has 0 radical (unpaired) electrons. The summed E-state index contributed by atoms with van der Waals surface area (Å²) < 4.78 is 0. The first kappa shape index (κ1) is 14.8. The van der Waals surface area contributed by atoms with Crippen LogP contribution in [0.15, 0.2) is 30.3 Å². The second kappa shape index (κ2) is 6.78. The molecule has 1 aromatic rings. The van der Waals surface area contributed by atoms with Gasteiger partial charge in [0.2, 0.25) is 0 Å². The summed E-state index contributed by atoms with van der Waals surface area (Å²) in [6.07, 6.45) is 6.80. The molecule has 1 aromatic carbocycles. The highest BCUT2D eigenvalue weighted by Crippen LogP contribution is 2.49. The molecular formula is C18H26N2S. The lowest BCUT2D eigenvalue weighted by Crippen LogP contribution is -2.45. The number of benzene rings is 1. The van der Waals surface area contributed by atoms with E-state index in [1.807, 2.05) is 0 Å². The molecule has 114 valence electrons. The van der Waals surface area contributed by atoms with Gasteiger partial charge >= 0.3 is 0 Å². The van der Waals surface area contributed by atoms with Gasteiger partial charge in [0.1, 0.15) is 0 Å². The molecule has 0 unspecified atom stereocenters. The highest BCUT2D eigenvalue weighted by atomic mass is 32.1. The number of rotatable bonds is 5. The molecule has 0 heterocycles. The minimum Gasteiger partial charge on any atom is -0.362 e. The molecule has 21 heavy (non-hydrogen) atoms. The van der Waals surface area contributed by atoms with Crippen molar-refractivity contribution in [1.29, 1.82) is 0 Å². The third-order valence-corrected chi connectivity index (χ3v) is 5.60. The Kier molecular flexibility index (Phi) is 4.79. The van der Waals surface area contributed by atoms with E-state index in [0.29, 0.717) is 6.04 Å². The van der Waals surface area contributed by atoms with E-state index in [1.165, 1.54) is 31.2 Å². The Labute approximate surface area is 133 Å². The van der Waals surface area contributed by atoms with Gasteiger partial charge in [-0.15, -0.1) is 0 Å². The van der Waals surface area contributed by atoms with Crippen LogP contribution >= 0.6 is 12.2 Å². The Morgan fingerprint density at radius 1 is 1.24 bits per heavy atom. The number of hydrogen-bond acceptors (Lipinski definition) is 1. The maximum absolute atomic E-state index is 5.44. The molecule has 0 amide bonds. The molecule has 2 aliphatic rings. The van der Waals surface area contributed by atoms with Crippen LogP contribution in [0.2, 0.25) is 0 Å². The van der Waals surface area contributed by atoms with E-state index in [4.69, 9.17) is 12.2 Å². The smallest absolute Gasteiger partial charge is 0.166 e. The summed E-state index contributed by atoms with van der Waals surface area (Å²) >= 11 is 5.44. The van der Waals surface area contributed by atoms with Gasteiger partial charge in [0, 0.05) is 12.6 Å². The van der Waals surface area contributed by atoms with Crippen molar-refractivity contribution in [2.75, 3.05) is 6.54 Å². The first-order valence-electron chi connectivity index (χ1n) is 8.30. The normalized spacial score (nSPS) is 28.3. The average Bonchev–Trinajstić information content (AvgIpc) is 3.11. The quantitative estimate of drug-likeness (QED) is 0.814. The van der Waals surface area contributed by atoms with Crippen LogP contribution in [0.3, 0.4) is 0 Å². The highest BCUT2D eigenvalue weighted by Gasteiger charge is 2.41. The van der Waals surface area contributed by atoms with Gasteiger partial charge in [-0.25, -0.2) is 0 Å². The predicted molar refractivity (Wildman–Crippen MR) is 92.3 cm³/mol. The topological polar surface area (TPSA) is 24.1 Å². The third kappa shape index (κ3) is 3.76. The number of fused-ring (bicyclic) bond motifs is 2. The SMILES string of the molecule is C[C@@H](NC(=S)NCCc1ccccc1)[C@@H]1C[C@@H]2CC[C@@H]1C2. The molecule has 4 atom stereocenters. The van der Waals surface area contributed by atoms with Crippen molar-refractivity contribution in [2.45, 2.75) is 45.1 Å². The molecule has 3 rings (SSSR count). The van der Waals surface area contributed by atoms with Gasteiger partial charge in [-0.2, -0.15) is 0 Å². The fourth-order valence-electron chi connectivity index (χ4n) is 4.24. The molecular weight excluding hydrogens is 276 g/mol. The van der Waals surface area contributed by atoms with Crippen molar-refractivity contribution >= 4 is 17.3 Å². The van der Waals surface area contributed by atoms with E-state index in [2.05, 4.69) is 47.9 Å². The van der Waals surface area contributed by atoms with Gasteiger partial charge in [-0.1, -0.05) is 36.8 Å². The summed E-state index contributed by atoms with van der Waals surface area (Å²) in [7, 11) is 0. The van der Waals surface area contributed by atoms with Crippen molar-refractivity contribution in [3.63, 3.8) is 0 Å². The zero-order valence-electron chi connectivity index (χ0n) is 12.8. The van der Waals surface area contributed by atoms with E-state index >= 15 is 0 Å². The van der Waals surface area contributed by atoms with E-state index in [-0.39, 0.29) is 0 Å². The molecule has 0 aliphatic heterocycles. The van der Waals surface area contributed by atoms with E-state index in [0.717, 1.165) is 35.8 Å². The van der Waals surface area contributed by atoms with E-state index < -0.39 is 0 Å². The number of thiocarbonyl (C=S) groups is 1. The predicted octanol–water partition coefficient (Wildman–Crippen LogP) is 3.52. The first-order valence-corrected chi connectivity index (χ1v) is 8.71. The Morgan fingerprint density at radius 2 is 2.05 bits per heavy atom. The molecule has 0 spiro atoms. The minimum absolute atomic E-state index is 0.511. The van der Waals surface area contributed by atoms with Crippen LogP contribution in [0.5, 0.6) is 0 Å². The maximum Gasteiger partial charge on any atom is 0.166 e. The Hall–Kier alpha value is -1.09. The fraction of sp³-hybridized carbons (Fsp3) is 0.611. The van der Waals surface area contributed by atoms with Crippen LogP contribution in [0.25, 0.3) is 0 Å². The van der Waals surface area contributed by atoms with Crippen LogP contribution in [0.1, 0.15) is 38.2 Å². The average molecular weight is 302 g/mol. The highest BCUT2D eigenvalue weighted by molar-refractivity contribution is 7.80. The maximum atomic E-state index is 5.44. The van der Waals surface area contributed by atoms with Gasteiger partial charge in [0.05, 0.1) is 0 Å². The van der Waals surface area contributed by atoms with Gasteiger partial charge in [0.25, 0.3) is 0 Å². The van der Waals surface area contributed by atoms with E-state index in [9.17, 15) is 0 Å². The van der Waals surface area contributed by atoms with Crippen molar-refractivity contribution in [3.05, 3.63) is 35.9 Å². The third-order valence-electron chi connectivity index (χ3n) is 5.34. The van der Waals surface area contributed by atoms with Crippen LogP contribution < -0.4 is 10.6 Å².